The van der Waals surface area contributed by atoms with Gasteiger partial charge in [0.1, 0.15) is 11.8 Å². The molecule has 5 aromatic rings. The molecular weight excluding hydrogens is 1270 g/mol. The molecule has 1 fully saturated rings. The molecule has 1 aliphatic heterocycles. The molecule has 99 heavy (non-hydrogen) atoms. The minimum atomic E-state index is -0.928. The second-order valence-corrected chi connectivity index (χ2v) is 26.1. The molecule has 9 N–H and O–H groups in total. The van der Waals surface area contributed by atoms with Gasteiger partial charge in [-0.05, 0) is 158 Å². The second-order valence-electron chi connectivity index (χ2n) is 26.1. The zero-order chi connectivity index (χ0) is 70.7. The lowest BCUT2D eigenvalue weighted by molar-refractivity contribution is -0.144. The number of hydrogen-bond donors (Lipinski definition) is 6. The molecule has 26 heteroatoms. The first-order chi connectivity index (χ1) is 48.0. The van der Waals surface area contributed by atoms with Crippen LogP contribution in [0.2, 0.25) is 0 Å². The standard InChI is InChI=1S/C73H101N13O13/c1-83(35-37-95-39-41-97-42-40-96-38-36-84(2)70(92)63-46-53(81-82-77)48-86(63)68(91)49-98-54-25-28-57-62(47-54)85(3)72(94)99-71(57)93)67(90)30-31-73-59-29-24-50(78-64(87)19-13-7-4-10-16-32-74)43-58(59)69(55-26-22-51(44-60(55)73)79-65(88)20-14-8-5-11-17-33-75)56-27-23-52(45-61(56)73)80-66(89)21-15-9-6-12-18-34-76/h22-29,43-45,47,53,63,69H,4-21,30-42,46,48-49,74-76H2,1-3H3,(H,78,87)(H,79,88)(H,80,89)/t53-,63-,69?,73?/m0/s1. The topological polar surface area (TPSA) is 364 Å². The summed E-state index contributed by atoms with van der Waals surface area (Å²) >= 11 is 0. The van der Waals surface area contributed by atoms with Crippen LogP contribution in [0.15, 0.2) is 91.9 Å². The van der Waals surface area contributed by atoms with Crippen molar-refractivity contribution in [2.45, 2.75) is 158 Å². The van der Waals surface area contributed by atoms with E-state index in [1.807, 2.05) is 18.2 Å². The lowest BCUT2D eigenvalue weighted by atomic mass is 9.51. The Kier molecular flexibility index (Phi) is 29.9. The van der Waals surface area contributed by atoms with E-state index < -0.39 is 41.4 Å². The van der Waals surface area contributed by atoms with E-state index in [4.69, 9.17) is 46.1 Å². The van der Waals surface area contributed by atoms with Gasteiger partial charge in [0.15, 0.2) is 6.61 Å². The Morgan fingerprint density at radius 3 is 1.64 bits per heavy atom. The zero-order valence-corrected chi connectivity index (χ0v) is 57.9. The average Bonchev–Trinajstić information content (AvgIpc) is 0.909. The number of likely N-dealkylation sites (tertiary alicyclic amines) is 1. The number of azide groups is 1. The first kappa shape index (κ1) is 76.3. The Balaban J connectivity index is 0.863. The SMILES string of the molecule is CN(CCOCCOCCOCCN(C)C(=O)[C@@H]1C[C@H](N=[N+]=[N-])CN1C(=O)COc1ccc2c(=O)oc(=O)n(C)c2c1)C(=O)CCC12c3ccc(NC(=O)CCCCCCCN)cc3C(c3ccc(NC(=O)CCCCCCCN)cc31)c1ccc(NC(=O)CCCCCCCN)cc12. The second kappa shape index (κ2) is 38.8. The minimum Gasteiger partial charge on any atom is -0.484 e. The molecule has 26 nitrogen and oxygen atoms in total. The van der Waals surface area contributed by atoms with Gasteiger partial charge in [-0.25, -0.2) is 9.59 Å². The van der Waals surface area contributed by atoms with Crippen molar-refractivity contribution in [3.05, 3.63) is 138 Å². The molecule has 3 aliphatic carbocycles. The van der Waals surface area contributed by atoms with Crippen LogP contribution in [-0.4, -0.2) is 166 Å². The predicted octanol–water partition coefficient (Wildman–Crippen LogP) is 8.45. The number of fused-ring (bicyclic) bond motifs is 1. The number of nitrogens with one attached hydrogen (secondary N) is 3. The lowest BCUT2D eigenvalue weighted by Gasteiger charge is -2.51. The number of carbonyl (C=O) groups is 6. The molecule has 1 aromatic heterocycles. The van der Waals surface area contributed by atoms with Crippen molar-refractivity contribution < 1.29 is 52.1 Å². The molecule has 2 bridgehead atoms. The summed E-state index contributed by atoms with van der Waals surface area (Å²) in [6.07, 6.45) is 15.9. The van der Waals surface area contributed by atoms with Gasteiger partial charge in [-0.3, -0.25) is 33.3 Å². The number of likely N-dealkylation sites (N-methyl/N-ethyl adjacent to an activating group) is 2. The number of ether oxygens (including phenoxy) is 4. The Hall–Kier alpha value is -8.49. The maximum Gasteiger partial charge on any atom is 0.422 e. The number of aromatic nitrogens is 1. The van der Waals surface area contributed by atoms with E-state index in [-0.39, 0.29) is 118 Å². The van der Waals surface area contributed by atoms with Gasteiger partial charge in [-0.1, -0.05) is 81.1 Å². The fourth-order valence-electron chi connectivity index (χ4n) is 13.7. The van der Waals surface area contributed by atoms with E-state index in [2.05, 4.69) is 62.4 Å². The van der Waals surface area contributed by atoms with Crippen LogP contribution in [0.5, 0.6) is 5.75 Å². The minimum absolute atomic E-state index is 0.00799. The predicted molar refractivity (Wildman–Crippen MR) is 380 cm³/mol. The molecule has 0 radical (unpaired) electrons. The van der Waals surface area contributed by atoms with Crippen LogP contribution in [0, 0.1) is 0 Å². The molecular formula is C73H101N13O13. The summed E-state index contributed by atoms with van der Waals surface area (Å²) < 4.78 is 29.1. The third-order valence-corrected chi connectivity index (χ3v) is 19.0. The summed E-state index contributed by atoms with van der Waals surface area (Å²) in [5, 5.41) is 13.5. The Morgan fingerprint density at radius 1 is 0.606 bits per heavy atom. The number of amides is 6. The van der Waals surface area contributed by atoms with Gasteiger partial charge in [0.25, 0.3) is 5.91 Å². The first-order valence-electron chi connectivity index (χ1n) is 35.3. The van der Waals surface area contributed by atoms with Gasteiger partial charge in [-0.2, -0.15) is 0 Å². The number of nitrogens with zero attached hydrogens (tertiary/aromatic N) is 7. The molecule has 0 unspecified atom stereocenters. The van der Waals surface area contributed by atoms with Crippen molar-refractivity contribution in [3.63, 3.8) is 0 Å². The molecule has 1 saturated heterocycles. The Morgan fingerprint density at radius 2 is 1.10 bits per heavy atom. The fourth-order valence-corrected chi connectivity index (χ4v) is 13.7. The molecule has 4 aromatic carbocycles. The van der Waals surface area contributed by atoms with Crippen molar-refractivity contribution in [2.24, 2.45) is 29.4 Å². The van der Waals surface area contributed by atoms with Crippen molar-refractivity contribution in [1.29, 1.82) is 0 Å². The van der Waals surface area contributed by atoms with Crippen LogP contribution in [0.1, 0.15) is 174 Å². The number of rotatable bonds is 44. The highest BCUT2D eigenvalue weighted by Gasteiger charge is 2.52. The molecule has 0 spiro atoms. The molecule has 9 rings (SSSR count). The third kappa shape index (κ3) is 20.8. The highest BCUT2D eigenvalue weighted by molar-refractivity contribution is 5.94. The van der Waals surface area contributed by atoms with Crippen molar-refractivity contribution in [1.82, 2.24) is 19.3 Å². The van der Waals surface area contributed by atoms with E-state index in [9.17, 15) is 38.4 Å². The summed E-state index contributed by atoms with van der Waals surface area (Å²) in [5.41, 5.74) is 32.8. The zero-order valence-electron chi connectivity index (χ0n) is 57.9. The van der Waals surface area contributed by atoms with E-state index in [1.54, 1.807) is 19.0 Å². The van der Waals surface area contributed by atoms with Crippen LogP contribution in [0.3, 0.4) is 0 Å². The average molecular weight is 1370 g/mol. The Labute approximate surface area is 578 Å². The van der Waals surface area contributed by atoms with Crippen molar-refractivity contribution in [3.8, 4) is 5.75 Å². The van der Waals surface area contributed by atoms with Gasteiger partial charge >= 0.3 is 11.4 Å². The van der Waals surface area contributed by atoms with Crippen molar-refractivity contribution >= 4 is 63.4 Å². The first-order valence-corrected chi connectivity index (χ1v) is 35.3. The highest BCUT2D eigenvalue weighted by atomic mass is 16.5. The molecule has 2 heterocycles. The van der Waals surface area contributed by atoms with Gasteiger partial charge < -0.3 is 71.2 Å². The molecule has 6 amide bonds. The number of aryl methyl sites for hydroxylation is 1. The summed E-state index contributed by atoms with van der Waals surface area (Å²) in [6, 6.07) is 21.1. The summed E-state index contributed by atoms with van der Waals surface area (Å²) in [7, 11) is 4.78. The molecule has 536 valence electrons. The van der Waals surface area contributed by atoms with E-state index in [1.165, 1.54) is 35.0 Å². The summed E-state index contributed by atoms with van der Waals surface area (Å²) in [5.74, 6) is -2.11. The summed E-state index contributed by atoms with van der Waals surface area (Å²) in [6.45, 7) is 3.42. The van der Waals surface area contributed by atoms with Crippen LogP contribution in [0.4, 0.5) is 17.1 Å². The van der Waals surface area contributed by atoms with Crippen LogP contribution < -0.4 is 49.3 Å². The normalized spacial score (nSPS) is 16.3. The molecule has 0 saturated carbocycles. The van der Waals surface area contributed by atoms with Crippen LogP contribution in [0.25, 0.3) is 21.3 Å². The van der Waals surface area contributed by atoms with E-state index in [0.29, 0.717) is 68.9 Å². The summed E-state index contributed by atoms with van der Waals surface area (Å²) in [4.78, 5) is 114. The van der Waals surface area contributed by atoms with Crippen molar-refractivity contribution in [2.75, 3.05) is 116 Å². The fraction of sp³-hybridized carbons (Fsp3) is 0.562. The Bertz CT molecular complexity index is 3660. The molecule has 4 aliphatic rings. The monoisotopic (exact) mass is 1370 g/mol. The number of anilines is 3. The largest absolute Gasteiger partial charge is 0.484 e. The molecule has 2 atom stereocenters. The smallest absolute Gasteiger partial charge is 0.422 e. The lowest BCUT2D eigenvalue weighted by Crippen LogP contribution is -2.48. The van der Waals surface area contributed by atoms with Gasteiger partial charge in [-0.15, -0.1) is 0 Å². The number of nitrogens with two attached hydrogens (primary N) is 3. The maximum atomic E-state index is 14.5. The third-order valence-electron chi connectivity index (χ3n) is 19.0. The highest BCUT2D eigenvalue weighted by Crippen LogP contribution is 2.62. The number of carbonyl (C=O) groups excluding carboxylic acids is 6. The van der Waals surface area contributed by atoms with Crippen LogP contribution in [-0.2, 0) is 55.4 Å². The van der Waals surface area contributed by atoms with Gasteiger partial charge in [0, 0.05) is 106 Å². The van der Waals surface area contributed by atoms with E-state index >= 15 is 0 Å². The van der Waals surface area contributed by atoms with E-state index in [0.717, 1.165) is 134 Å². The van der Waals surface area contributed by atoms with Crippen LogP contribution >= 0.6 is 0 Å². The van der Waals surface area contributed by atoms with Gasteiger partial charge in [0.05, 0.1) is 56.6 Å². The number of benzene rings is 4. The maximum absolute atomic E-state index is 14.5. The van der Waals surface area contributed by atoms with Gasteiger partial charge in [0.2, 0.25) is 29.5 Å². The quantitative estimate of drug-likeness (QED) is 0.00921. The number of unbranched alkanes of at least 4 members (excludes halogenated alkanes) is 12. The number of hydrogen-bond acceptors (Lipinski definition) is 17.